The third kappa shape index (κ3) is 3.89. The Bertz CT molecular complexity index is 606. The van der Waals surface area contributed by atoms with Gasteiger partial charge in [0.1, 0.15) is 24.8 Å². The van der Waals surface area contributed by atoms with E-state index in [4.69, 9.17) is 9.47 Å². The van der Waals surface area contributed by atoms with Crippen LogP contribution in [0.4, 0.5) is 4.39 Å². The molecule has 24 heavy (non-hydrogen) atoms. The van der Waals surface area contributed by atoms with Gasteiger partial charge in [-0.25, -0.2) is 4.39 Å². The van der Waals surface area contributed by atoms with Crippen molar-refractivity contribution in [2.45, 2.75) is 51.6 Å². The van der Waals surface area contributed by atoms with Gasteiger partial charge in [-0.3, -0.25) is 4.79 Å². The monoisotopic (exact) mass is 333 g/mol. The summed E-state index contributed by atoms with van der Waals surface area (Å²) in [7, 11) is 0. The van der Waals surface area contributed by atoms with Crippen LogP contribution in [0.15, 0.2) is 35.8 Å². The minimum atomic E-state index is -0.267. The lowest BCUT2D eigenvalue weighted by Crippen LogP contribution is -2.43. The van der Waals surface area contributed by atoms with E-state index in [1.54, 1.807) is 19.1 Å². The molecule has 2 aliphatic rings. The first-order valence-corrected chi connectivity index (χ1v) is 8.67. The fourth-order valence-electron chi connectivity index (χ4n) is 3.39. The van der Waals surface area contributed by atoms with Crippen molar-refractivity contribution in [1.82, 2.24) is 4.90 Å². The average Bonchev–Trinajstić information content (AvgIpc) is 2.62. The van der Waals surface area contributed by atoms with Gasteiger partial charge in [-0.15, -0.1) is 0 Å². The minimum Gasteiger partial charge on any atom is -0.491 e. The molecule has 1 aromatic rings. The molecule has 1 aromatic carbocycles. The van der Waals surface area contributed by atoms with Gasteiger partial charge < -0.3 is 14.4 Å². The second kappa shape index (κ2) is 7.69. The van der Waals surface area contributed by atoms with Crippen LogP contribution in [0.1, 0.15) is 44.6 Å². The summed E-state index contributed by atoms with van der Waals surface area (Å²) in [6.07, 6.45) is 5.48. The van der Waals surface area contributed by atoms with Crippen LogP contribution in [-0.2, 0) is 20.8 Å². The number of ether oxygens (including phenoxy) is 2. The van der Waals surface area contributed by atoms with E-state index in [0.29, 0.717) is 31.3 Å². The first-order chi connectivity index (χ1) is 11.6. The molecule has 0 atom stereocenters. The molecule has 1 aliphatic carbocycles. The number of hydrogen-bond acceptors (Lipinski definition) is 3. The quantitative estimate of drug-likeness (QED) is 0.842. The molecule has 1 saturated carbocycles. The van der Waals surface area contributed by atoms with Crippen molar-refractivity contribution in [3.05, 3.63) is 47.2 Å². The molecule has 0 radical (unpaired) electrons. The van der Waals surface area contributed by atoms with Gasteiger partial charge in [0, 0.05) is 12.6 Å². The van der Waals surface area contributed by atoms with Crippen molar-refractivity contribution >= 4 is 5.91 Å². The number of carbonyl (C=O) groups excluding carboxylic acids is 1. The molecule has 0 saturated heterocycles. The zero-order valence-corrected chi connectivity index (χ0v) is 14.1. The molecule has 0 bridgehead atoms. The topological polar surface area (TPSA) is 38.8 Å². The Kier molecular flexibility index (Phi) is 5.38. The lowest BCUT2D eigenvalue weighted by molar-refractivity contribution is -0.136. The Balaban J connectivity index is 1.83. The molecule has 0 spiro atoms. The van der Waals surface area contributed by atoms with Gasteiger partial charge in [0.05, 0.1) is 0 Å². The summed E-state index contributed by atoms with van der Waals surface area (Å²) >= 11 is 0. The van der Waals surface area contributed by atoms with E-state index in [9.17, 15) is 9.18 Å². The molecule has 1 fully saturated rings. The van der Waals surface area contributed by atoms with Gasteiger partial charge in [-0.05, 0) is 37.5 Å². The maximum atomic E-state index is 13.2. The molecule has 1 aliphatic heterocycles. The maximum absolute atomic E-state index is 13.2. The number of halogens is 1. The number of amides is 1. The van der Waals surface area contributed by atoms with Crippen molar-refractivity contribution in [1.29, 1.82) is 0 Å². The normalized spacial score (nSPS) is 18.8. The van der Waals surface area contributed by atoms with E-state index in [1.807, 2.05) is 4.90 Å². The minimum absolute atomic E-state index is 0.122. The van der Waals surface area contributed by atoms with Gasteiger partial charge in [0.25, 0.3) is 5.91 Å². The zero-order valence-electron chi connectivity index (χ0n) is 14.1. The molecule has 4 nitrogen and oxygen atoms in total. The summed E-state index contributed by atoms with van der Waals surface area (Å²) in [5.74, 6) is 0.473. The van der Waals surface area contributed by atoms with Crippen molar-refractivity contribution in [3.63, 3.8) is 0 Å². The van der Waals surface area contributed by atoms with E-state index < -0.39 is 0 Å². The molecule has 130 valence electrons. The molecule has 0 unspecified atom stereocenters. The van der Waals surface area contributed by atoms with E-state index in [-0.39, 0.29) is 17.8 Å². The third-order valence-electron chi connectivity index (χ3n) is 4.70. The third-order valence-corrected chi connectivity index (χ3v) is 4.70. The SMILES string of the molecule is CC1=C(C(=O)N(Cc2ccc(F)cc2)C2CCCCC2)OCCO1. The van der Waals surface area contributed by atoms with Gasteiger partial charge in [0.15, 0.2) is 0 Å². The van der Waals surface area contributed by atoms with Crippen LogP contribution < -0.4 is 0 Å². The zero-order chi connectivity index (χ0) is 16.9. The Labute approximate surface area is 142 Å². The maximum Gasteiger partial charge on any atom is 0.293 e. The highest BCUT2D eigenvalue weighted by molar-refractivity contribution is 5.92. The number of nitrogens with zero attached hydrogens (tertiary/aromatic N) is 1. The highest BCUT2D eigenvalue weighted by Crippen LogP contribution is 2.27. The van der Waals surface area contributed by atoms with Gasteiger partial charge in [-0.1, -0.05) is 31.4 Å². The van der Waals surface area contributed by atoms with Crippen LogP contribution in [0.3, 0.4) is 0 Å². The number of hydrogen-bond donors (Lipinski definition) is 0. The highest BCUT2D eigenvalue weighted by Gasteiger charge is 2.31. The second-order valence-corrected chi connectivity index (χ2v) is 6.43. The average molecular weight is 333 g/mol. The molecular formula is C19H24FNO3. The summed E-state index contributed by atoms with van der Waals surface area (Å²) in [6.45, 7) is 3.10. The standard InChI is InChI=1S/C19H24FNO3/c1-14-18(24-12-11-23-14)19(22)21(17-5-3-2-4-6-17)13-15-7-9-16(20)10-8-15/h7-10,17H,2-6,11-13H2,1H3. The number of benzene rings is 1. The first kappa shape index (κ1) is 16.8. The van der Waals surface area contributed by atoms with Crippen molar-refractivity contribution in [2.75, 3.05) is 13.2 Å². The van der Waals surface area contributed by atoms with Crippen LogP contribution in [0.25, 0.3) is 0 Å². The Hall–Kier alpha value is -2.04. The van der Waals surface area contributed by atoms with Crippen LogP contribution in [0.5, 0.6) is 0 Å². The summed E-state index contributed by atoms with van der Waals surface area (Å²) in [5, 5.41) is 0. The highest BCUT2D eigenvalue weighted by atomic mass is 19.1. The van der Waals surface area contributed by atoms with Crippen molar-refractivity contribution in [2.24, 2.45) is 0 Å². The van der Waals surface area contributed by atoms with Gasteiger partial charge in [0.2, 0.25) is 5.76 Å². The molecule has 1 amide bonds. The smallest absolute Gasteiger partial charge is 0.293 e. The van der Waals surface area contributed by atoms with Crippen LogP contribution in [0, 0.1) is 5.82 Å². The first-order valence-electron chi connectivity index (χ1n) is 8.67. The van der Waals surface area contributed by atoms with E-state index in [1.165, 1.54) is 18.6 Å². The molecule has 3 rings (SSSR count). The lowest BCUT2D eigenvalue weighted by Gasteiger charge is -2.35. The molecule has 0 N–H and O–H groups in total. The molecular weight excluding hydrogens is 309 g/mol. The lowest BCUT2D eigenvalue weighted by atomic mass is 9.93. The van der Waals surface area contributed by atoms with Gasteiger partial charge in [-0.2, -0.15) is 0 Å². The number of rotatable bonds is 4. The molecule has 1 heterocycles. The summed E-state index contributed by atoms with van der Waals surface area (Å²) in [4.78, 5) is 14.9. The largest absolute Gasteiger partial charge is 0.491 e. The summed E-state index contributed by atoms with van der Waals surface area (Å²) in [6, 6.07) is 6.53. The van der Waals surface area contributed by atoms with Crippen LogP contribution >= 0.6 is 0 Å². The van der Waals surface area contributed by atoms with Crippen molar-refractivity contribution in [3.8, 4) is 0 Å². The summed E-state index contributed by atoms with van der Waals surface area (Å²) in [5.41, 5.74) is 0.922. The fourth-order valence-corrected chi connectivity index (χ4v) is 3.39. The van der Waals surface area contributed by atoms with E-state index in [0.717, 1.165) is 31.2 Å². The number of allylic oxidation sites excluding steroid dienone is 1. The molecule has 0 aromatic heterocycles. The predicted molar refractivity (Wildman–Crippen MR) is 88.4 cm³/mol. The predicted octanol–water partition coefficient (Wildman–Crippen LogP) is 3.77. The van der Waals surface area contributed by atoms with Crippen molar-refractivity contribution < 1.29 is 18.7 Å². The Morgan fingerprint density at radius 2 is 1.79 bits per heavy atom. The van der Waals surface area contributed by atoms with Crippen LogP contribution in [-0.4, -0.2) is 30.1 Å². The Morgan fingerprint density at radius 3 is 2.46 bits per heavy atom. The summed E-state index contributed by atoms with van der Waals surface area (Å²) < 4.78 is 24.2. The molecule has 5 heteroatoms. The van der Waals surface area contributed by atoms with Crippen LogP contribution in [0.2, 0.25) is 0 Å². The number of carbonyl (C=O) groups is 1. The van der Waals surface area contributed by atoms with E-state index >= 15 is 0 Å². The second-order valence-electron chi connectivity index (χ2n) is 6.43. The Morgan fingerprint density at radius 1 is 1.12 bits per heavy atom. The van der Waals surface area contributed by atoms with Gasteiger partial charge >= 0.3 is 0 Å². The fraction of sp³-hybridized carbons (Fsp3) is 0.526. The van der Waals surface area contributed by atoms with E-state index in [2.05, 4.69) is 0 Å².